The molecule has 0 fully saturated rings. The van der Waals surface area contributed by atoms with Crippen molar-refractivity contribution in [3.05, 3.63) is 81.7 Å². The van der Waals surface area contributed by atoms with Gasteiger partial charge in [-0.3, -0.25) is 0 Å². The summed E-state index contributed by atoms with van der Waals surface area (Å²) in [6.07, 6.45) is 1.21. The largest absolute Gasteiger partial charge is 0.489 e. The zero-order valence-corrected chi connectivity index (χ0v) is 19.1. The Kier molecular flexibility index (Phi) is 6.08. The molecule has 2 aromatic carbocycles. The monoisotopic (exact) mass is 482 g/mol. The number of carbonyl (C=O) groups is 1. The van der Waals surface area contributed by atoms with Crippen LogP contribution in [0.4, 0.5) is 5.95 Å². The number of rotatable bonds is 6. The number of hydrogen-bond donors (Lipinski definition) is 1. The molecule has 0 saturated heterocycles. The summed E-state index contributed by atoms with van der Waals surface area (Å²) in [7, 11) is 0. The molecule has 1 atom stereocenters. The normalized spacial score (nSPS) is 15.5. The fraction of sp³-hybridized carbons (Fsp3) is 0.261. The van der Waals surface area contributed by atoms with Gasteiger partial charge in [-0.15, -0.1) is 0 Å². The van der Waals surface area contributed by atoms with Gasteiger partial charge < -0.3 is 14.8 Å². The van der Waals surface area contributed by atoms with Crippen LogP contribution in [0, 0.1) is 0 Å². The van der Waals surface area contributed by atoms with Gasteiger partial charge in [0.25, 0.3) is 0 Å². The van der Waals surface area contributed by atoms with E-state index >= 15 is 0 Å². The second-order valence-corrected chi connectivity index (χ2v) is 8.42. The van der Waals surface area contributed by atoms with Crippen molar-refractivity contribution in [2.75, 3.05) is 5.32 Å². The van der Waals surface area contributed by atoms with Crippen molar-refractivity contribution in [3.63, 3.8) is 0 Å². The minimum Gasteiger partial charge on any atom is -0.489 e. The molecule has 1 aliphatic rings. The van der Waals surface area contributed by atoms with Crippen molar-refractivity contribution in [2.45, 2.75) is 39.5 Å². The highest BCUT2D eigenvalue weighted by molar-refractivity contribution is 9.10. The first-order valence-electron chi connectivity index (χ1n) is 9.98. The molecule has 3 aromatic rings. The van der Waals surface area contributed by atoms with Gasteiger partial charge in [0.05, 0.1) is 11.7 Å². The van der Waals surface area contributed by atoms with Crippen molar-refractivity contribution in [1.29, 1.82) is 0 Å². The number of anilines is 1. The van der Waals surface area contributed by atoms with Crippen LogP contribution in [0.5, 0.6) is 5.75 Å². The lowest BCUT2D eigenvalue weighted by atomic mass is 9.95. The molecule has 8 heteroatoms. The number of benzene rings is 2. The molecule has 0 spiro atoms. The maximum Gasteiger partial charge on any atom is 0.338 e. The van der Waals surface area contributed by atoms with Crippen LogP contribution in [-0.4, -0.2) is 26.8 Å². The Balaban J connectivity index is 1.78. The van der Waals surface area contributed by atoms with Gasteiger partial charge in [0.2, 0.25) is 5.95 Å². The number of hydrogen-bond acceptors (Lipinski definition) is 6. The summed E-state index contributed by atoms with van der Waals surface area (Å²) in [4.78, 5) is 17.4. The molecule has 1 N–H and O–H groups in total. The Morgan fingerprint density at radius 2 is 2.00 bits per heavy atom. The van der Waals surface area contributed by atoms with Crippen LogP contribution in [-0.2, 0) is 16.1 Å². The van der Waals surface area contributed by atoms with Gasteiger partial charge in [-0.05, 0) is 44.5 Å². The van der Waals surface area contributed by atoms with E-state index in [2.05, 4.69) is 31.3 Å². The molecular weight excluding hydrogens is 460 g/mol. The van der Waals surface area contributed by atoms with Crippen LogP contribution in [0.1, 0.15) is 37.9 Å². The standard InChI is InChI=1S/C23H23BrN4O3/c1-14(2)31-22(29)20-15(3)27-23-25-13-26-28(23)21(20)18-11-17(24)9-10-19(18)30-12-16-7-5-4-6-8-16/h4-11,13-14,21H,12H2,1-3H3,(H,25,26,27). The fourth-order valence-corrected chi connectivity index (χ4v) is 3.90. The molecule has 0 bridgehead atoms. The number of ether oxygens (including phenoxy) is 2. The zero-order valence-electron chi connectivity index (χ0n) is 17.5. The van der Waals surface area contributed by atoms with Crippen molar-refractivity contribution >= 4 is 27.8 Å². The van der Waals surface area contributed by atoms with E-state index in [9.17, 15) is 4.79 Å². The smallest absolute Gasteiger partial charge is 0.338 e. The maximum atomic E-state index is 13.1. The van der Waals surface area contributed by atoms with Crippen LogP contribution in [0.25, 0.3) is 0 Å². The second-order valence-electron chi connectivity index (χ2n) is 7.50. The predicted octanol–water partition coefficient (Wildman–Crippen LogP) is 4.86. The first kappa shape index (κ1) is 21.1. The first-order valence-corrected chi connectivity index (χ1v) is 10.8. The van der Waals surface area contributed by atoms with Crippen molar-refractivity contribution in [3.8, 4) is 5.75 Å². The van der Waals surface area contributed by atoms with Crippen LogP contribution in [0.15, 0.2) is 70.6 Å². The summed E-state index contributed by atoms with van der Waals surface area (Å²) < 4.78 is 14.3. The number of allylic oxidation sites excluding steroid dienone is 1. The summed E-state index contributed by atoms with van der Waals surface area (Å²) in [5.74, 6) is 0.806. The molecule has 1 aliphatic heterocycles. The third-order valence-corrected chi connectivity index (χ3v) is 5.35. The molecule has 160 valence electrons. The number of aromatic nitrogens is 3. The van der Waals surface area contributed by atoms with E-state index in [1.807, 2.05) is 69.3 Å². The Morgan fingerprint density at radius 3 is 2.74 bits per heavy atom. The summed E-state index contributed by atoms with van der Waals surface area (Å²) in [6.45, 7) is 5.89. The van der Waals surface area contributed by atoms with Crippen molar-refractivity contribution in [1.82, 2.24) is 14.8 Å². The third kappa shape index (κ3) is 4.49. The van der Waals surface area contributed by atoms with E-state index in [-0.39, 0.29) is 6.10 Å². The van der Waals surface area contributed by atoms with Gasteiger partial charge in [-0.2, -0.15) is 10.1 Å². The number of nitrogens with zero attached hydrogens (tertiary/aromatic N) is 3. The van der Waals surface area contributed by atoms with Gasteiger partial charge in [0.1, 0.15) is 24.7 Å². The van der Waals surface area contributed by atoms with Gasteiger partial charge in [-0.25, -0.2) is 9.48 Å². The van der Waals surface area contributed by atoms with E-state index in [0.717, 1.165) is 15.6 Å². The molecule has 2 heterocycles. The highest BCUT2D eigenvalue weighted by Gasteiger charge is 2.36. The average molecular weight is 483 g/mol. The van der Waals surface area contributed by atoms with Crippen molar-refractivity contribution < 1.29 is 14.3 Å². The Morgan fingerprint density at radius 1 is 1.23 bits per heavy atom. The molecule has 31 heavy (non-hydrogen) atoms. The Bertz CT molecular complexity index is 1120. The predicted molar refractivity (Wildman–Crippen MR) is 121 cm³/mol. The van der Waals surface area contributed by atoms with Gasteiger partial charge in [0, 0.05) is 15.7 Å². The number of nitrogens with one attached hydrogen (secondary N) is 1. The van der Waals surface area contributed by atoms with E-state index < -0.39 is 12.0 Å². The lowest BCUT2D eigenvalue weighted by molar-refractivity contribution is -0.143. The minimum atomic E-state index is -0.548. The fourth-order valence-electron chi connectivity index (χ4n) is 3.52. The zero-order chi connectivity index (χ0) is 22.0. The SMILES string of the molecule is CC1=C(C(=O)OC(C)C)C(c2cc(Br)ccc2OCc2ccccc2)n2ncnc2N1. The minimum absolute atomic E-state index is 0.248. The van der Waals surface area contributed by atoms with E-state index in [1.54, 1.807) is 4.68 Å². The Labute approximate surface area is 189 Å². The quantitative estimate of drug-likeness (QED) is 0.505. The summed E-state index contributed by atoms with van der Waals surface area (Å²) in [6, 6.07) is 15.1. The van der Waals surface area contributed by atoms with Gasteiger partial charge >= 0.3 is 5.97 Å². The highest BCUT2D eigenvalue weighted by Crippen LogP contribution is 2.40. The lowest BCUT2D eigenvalue weighted by Crippen LogP contribution is -2.31. The lowest BCUT2D eigenvalue weighted by Gasteiger charge is -2.29. The molecule has 0 saturated carbocycles. The number of esters is 1. The van der Waals surface area contributed by atoms with E-state index in [0.29, 0.717) is 29.6 Å². The molecule has 0 aliphatic carbocycles. The number of halogens is 1. The first-order chi connectivity index (χ1) is 14.9. The van der Waals surface area contributed by atoms with Crippen LogP contribution >= 0.6 is 15.9 Å². The molecule has 0 radical (unpaired) electrons. The summed E-state index contributed by atoms with van der Waals surface area (Å²) >= 11 is 3.55. The third-order valence-electron chi connectivity index (χ3n) is 4.86. The van der Waals surface area contributed by atoms with Crippen molar-refractivity contribution in [2.24, 2.45) is 0 Å². The van der Waals surface area contributed by atoms with E-state index in [1.165, 1.54) is 6.33 Å². The topological polar surface area (TPSA) is 78.3 Å². The molecule has 0 amide bonds. The van der Waals surface area contributed by atoms with Crippen LogP contribution < -0.4 is 10.1 Å². The molecule has 4 rings (SSSR count). The Hall–Kier alpha value is -3.13. The summed E-state index contributed by atoms with van der Waals surface area (Å²) in [5, 5.41) is 7.53. The molecular formula is C23H23BrN4O3. The maximum absolute atomic E-state index is 13.1. The molecule has 7 nitrogen and oxygen atoms in total. The average Bonchev–Trinajstić information content (AvgIpc) is 3.20. The second kappa shape index (κ2) is 8.93. The van der Waals surface area contributed by atoms with Crippen LogP contribution in [0.3, 0.4) is 0 Å². The van der Waals surface area contributed by atoms with Crippen LogP contribution in [0.2, 0.25) is 0 Å². The van der Waals surface area contributed by atoms with Gasteiger partial charge in [-0.1, -0.05) is 46.3 Å². The van der Waals surface area contributed by atoms with Gasteiger partial charge in [0.15, 0.2) is 0 Å². The number of fused-ring (bicyclic) bond motifs is 1. The molecule has 1 aromatic heterocycles. The summed E-state index contributed by atoms with van der Waals surface area (Å²) in [5.41, 5.74) is 2.97. The van der Waals surface area contributed by atoms with E-state index in [4.69, 9.17) is 9.47 Å². The number of carbonyl (C=O) groups excluding carboxylic acids is 1. The molecule has 1 unspecified atom stereocenters. The highest BCUT2D eigenvalue weighted by atomic mass is 79.9.